The molecule has 1 aromatic rings. The number of hydrogen-bond acceptors (Lipinski definition) is 9. The Morgan fingerprint density at radius 2 is 1.71 bits per heavy atom. The maximum atomic E-state index is 12.7. The summed E-state index contributed by atoms with van der Waals surface area (Å²) in [5.41, 5.74) is -2.36. The van der Waals surface area contributed by atoms with Crippen molar-refractivity contribution in [3.8, 4) is 0 Å². The minimum atomic E-state index is -2.52. The van der Waals surface area contributed by atoms with Crippen molar-refractivity contribution < 1.29 is 39.9 Å². The molecule has 1 aromatic carbocycles. The average molecular weight is 776 g/mol. The van der Waals surface area contributed by atoms with Crippen molar-refractivity contribution in [3.05, 3.63) is 34.5 Å². The van der Waals surface area contributed by atoms with Crippen molar-refractivity contribution in [2.24, 2.45) is 0 Å². The first-order valence-corrected chi connectivity index (χ1v) is 12.0. The molecule has 0 unspecified atom stereocenters. The molecule has 0 aliphatic heterocycles. The van der Waals surface area contributed by atoms with Crippen molar-refractivity contribution in [3.63, 3.8) is 0 Å². The van der Waals surface area contributed by atoms with E-state index in [0.717, 1.165) is 0 Å². The second-order valence-electron chi connectivity index (χ2n) is 6.42. The molecule has 0 heterocycles. The normalized spacial score (nSPS) is 15.9. The van der Waals surface area contributed by atoms with Gasteiger partial charge in [-0.05, 0) is 74.7 Å². The highest BCUT2D eigenvalue weighted by Gasteiger charge is 2.43. The van der Waals surface area contributed by atoms with E-state index in [1.165, 1.54) is 20.0 Å². The first-order valence-electron chi connectivity index (χ1n) is 8.74. The van der Waals surface area contributed by atoms with Crippen LogP contribution in [0.4, 0.5) is 5.69 Å². The van der Waals surface area contributed by atoms with Gasteiger partial charge in [0.15, 0.2) is 5.72 Å². The third-order valence-corrected chi connectivity index (χ3v) is 7.43. The lowest BCUT2D eigenvalue weighted by Gasteiger charge is -2.37. The zero-order valence-corrected chi connectivity index (χ0v) is 23.0. The smallest absolute Gasteiger partial charge is 0.340 e. The van der Waals surface area contributed by atoms with Crippen LogP contribution in [0.3, 0.4) is 0 Å². The van der Waals surface area contributed by atoms with E-state index in [9.17, 15) is 35.1 Å². The van der Waals surface area contributed by atoms with Gasteiger partial charge in [0, 0.05) is 10.6 Å². The minimum Gasteiger partial charge on any atom is -0.458 e. The van der Waals surface area contributed by atoms with E-state index in [1.807, 2.05) is 45.2 Å². The average Bonchev–Trinajstić information content (AvgIpc) is 2.73. The molecule has 0 aliphatic rings. The highest BCUT2D eigenvalue weighted by Crippen LogP contribution is 2.37. The zero-order chi connectivity index (χ0) is 24.1. The second-order valence-corrected chi connectivity index (χ2v) is 9.65. The summed E-state index contributed by atoms with van der Waals surface area (Å²) in [6, 6.07) is 0. The van der Waals surface area contributed by atoms with Crippen molar-refractivity contribution >= 4 is 85.3 Å². The highest BCUT2D eigenvalue weighted by atomic mass is 127. The summed E-state index contributed by atoms with van der Waals surface area (Å²) in [4.78, 5) is 25.2. The molecule has 10 nitrogen and oxygen atoms in total. The topological polar surface area (TPSA) is 169 Å². The zero-order valence-electron chi connectivity index (χ0n) is 16.5. The lowest BCUT2D eigenvalue weighted by Crippen LogP contribution is -2.59. The molecule has 0 spiro atoms. The van der Waals surface area contributed by atoms with E-state index < -0.39 is 42.5 Å². The Kier molecular flexibility index (Phi) is 11.3. The molecule has 0 aliphatic carbocycles. The van der Waals surface area contributed by atoms with Gasteiger partial charge in [-0.2, -0.15) is 0 Å². The molecule has 31 heavy (non-hydrogen) atoms. The Hall–Kier alpha value is -0.310. The van der Waals surface area contributed by atoms with Crippen LogP contribution in [-0.2, 0) is 4.74 Å². The van der Waals surface area contributed by atoms with Crippen LogP contribution >= 0.6 is 67.8 Å². The maximum Gasteiger partial charge on any atom is 0.340 e. The summed E-state index contributed by atoms with van der Waals surface area (Å²) in [5.74, 6) is -1.28. The van der Waals surface area contributed by atoms with Crippen LogP contribution in [0.2, 0.25) is 0 Å². The van der Waals surface area contributed by atoms with Crippen LogP contribution in [0.5, 0.6) is 0 Å². The molecule has 0 saturated heterocycles. The summed E-state index contributed by atoms with van der Waals surface area (Å²) >= 11 is 5.46. The second kappa shape index (κ2) is 12.2. The SMILES string of the molecule is C=CCOC(=O)c1c(I)c(N[C@](O)(CO)[C@@H](O)[C@H](O)[C@H](C)O)c(I)c(C(=O)NC)c1I. The molecule has 1 rings (SSSR count). The van der Waals surface area contributed by atoms with Gasteiger partial charge in [0.1, 0.15) is 18.8 Å². The van der Waals surface area contributed by atoms with Gasteiger partial charge in [-0.15, -0.1) is 0 Å². The Morgan fingerprint density at radius 3 is 2.16 bits per heavy atom. The lowest BCUT2D eigenvalue weighted by molar-refractivity contribution is -0.152. The fraction of sp³-hybridized carbons (Fsp3) is 0.444. The molecular formula is C18H23I3N2O8. The summed E-state index contributed by atoms with van der Waals surface area (Å²) in [5, 5.41) is 55.5. The molecule has 0 saturated carbocycles. The summed E-state index contributed by atoms with van der Waals surface area (Å²) in [6.07, 6.45) is -3.88. The molecule has 4 atom stereocenters. The van der Waals surface area contributed by atoms with Crippen LogP contribution in [0.15, 0.2) is 12.7 Å². The number of aliphatic hydroxyl groups excluding tert-OH is 4. The molecule has 174 valence electrons. The minimum absolute atomic E-state index is 0.0235. The number of rotatable bonds is 10. The van der Waals surface area contributed by atoms with Gasteiger partial charge >= 0.3 is 5.97 Å². The van der Waals surface area contributed by atoms with E-state index in [1.54, 1.807) is 22.6 Å². The van der Waals surface area contributed by atoms with Crippen LogP contribution in [0.1, 0.15) is 27.6 Å². The largest absolute Gasteiger partial charge is 0.458 e. The van der Waals surface area contributed by atoms with Gasteiger partial charge in [-0.1, -0.05) is 12.7 Å². The molecule has 0 radical (unpaired) electrons. The Balaban J connectivity index is 3.73. The van der Waals surface area contributed by atoms with Gasteiger partial charge < -0.3 is 40.9 Å². The number of aliphatic hydroxyl groups is 5. The van der Waals surface area contributed by atoms with Gasteiger partial charge in [0.05, 0.1) is 36.7 Å². The molecule has 13 heteroatoms. The van der Waals surface area contributed by atoms with Crippen molar-refractivity contribution in [2.45, 2.75) is 31.0 Å². The van der Waals surface area contributed by atoms with Crippen molar-refractivity contribution in [1.29, 1.82) is 0 Å². The fourth-order valence-electron chi connectivity index (χ4n) is 2.45. The third-order valence-electron chi connectivity index (χ3n) is 4.20. The Bertz CT molecular complexity index is 852. The van der Waals surface area contributed by atoms with Crippen molar-refractivity contribution in [1.82, 2.24) is 5.32 Å². The molecular weight excluding hydrogens is 753 g/mol. The number of nitrogens with one attached hydrogen (secondary N) is 2. The van der Waals surface area contributed by atoms with E-state index in [-0.39, 0.29) is 30.6 Å². The Labute approximate surface area is 219 Å². The molecule has 0 aromatic heterocycles. The molecule has 7 N–H and O–H groups in total. The van der Waals surface area contributed by atoms with Crippen LogP contribution < -0.4 is 10.6 Å². The number of benzene rings is 1. The van der Waals surface area contributed by atoms with Crippen LogP contribution in [0.25, 0.3) is 0 Å². The van der Waals surface area contributed by atoms with Crippen molar-refractivity contribution in [2.75, 3.05) is 25.6 Å². The summed E-state index contributed by atoms with van der Waals surface area (Å²) in [6.45, 7) is 3.53. The monoisotopic (exact) mass is 776 g/mol. The predicted molar refractivity (Wildman–Crippen MR) is 138 cm³/mol. The van der Waals surface area contributed by atoms with Crippen LogP contribution in [0, 0.1) is 10.7 Å². The lowest BCUT2D eigenvalue weighted by atomic mass is 9.97. The number of hydrogen-bond donors (Lipinski definition) is 7. The third kappa shape index (κ3) is 6.39. The first-order chi connectivity index (χ1) is 14.4. The van der Waals surface area contributed by atoms with Gasteiger partial charge in [-0.25, -0.2) is 4.79 Å². The van der Waals surface area contributed by atoms with Gasteiger partial charge in [0.2, 0.25) is 0 Å². The molecule has 0 fully saturated rings. The van der Waals surface area contributed by atoms with Gasteiger partial charge in [0.25, 0.3) is 5.91 Å². The molecule has 0 bridgehead atoms. The number of amides is 1. The van der Waals surface area contributed by atoms with E-state index in [2.05, 4.69) is 17.2 Å². The van der Waals surface area contributed by atoms with E-state index in [4.69, 9.17) is 4.74 Å². The number of carbonyl (C=O) groups excluding carboxylic acids is 2. The van der Waals surface area contributed by atoms with E-state index >= 15 is 0 Å². The predicted octanol–water partition coefficient (Wildman–Crippen LogP) is 0.398. The summed E-state index contributed by atoms with van der Waals surface area (Å²) < 4.78 is 5.92. The van der Waals surface area contributed by atoms with Gasteiger partial charge in [-0.3, -0.25) is 4.79 Å². The highest BCUT2D eigenvalue weighted by molar-refractivity contribution is 14.1. The number of carbonyl (C=O) groups is 2. The first kappa shape index (κ1) is 28.7. The fourth-order valence-corrected chi connectivity index (χ4v) is 6.82. The number of esters is 1. The maximum absolute atomic E-state index is 12.7. The number of ether oxygens (including phenoxy) is 1. The Morgan fingerprint density at radius 1 is 1.16 bits per heavy atom. The van der Waals surface area contributed by atoms with E-state index in [0.29, 0.717) is 3.57 Å². The summed E-state index contributed by atoms with van der Waals surface area (Å²) in [7, 11) is 1.40. The quantitative estimate of drug-likeness (QED) is 0.0771. The number of anilines is 1. The van der Waals surface area contributed by atoms with Crippen LogP contribution in [-0.4, -0.2) is 81.7 Å². The number of halogens is 3. The molecule has 1 amide bonds. The standard InChI is InChI=1S/C18H23I3N2O8/c1-4-5-31-17(29)9-10(19)8(16(28)22-3)11(20)13(12(9)21)23-18(30,6-24)15(27)14(26)7(2)25/h4,7,14-15,23-27,30H,1,5-6H2,2-3H3,(H,22,28)/t7-,14+,15-,18-/m0/s1.